The molecule has 0 bridgehead atoms. The lowest BCUT2D eigenvalue weighted by Crippen LogP contribution is -2.35. The fraction of sp³-hybridized carbons (Fsp3) is 0.733. The Bertz CT molecular complexity index is 612. The quantitative estimate of drug-likeness (QED) is 0.894. The van der Waals surface area contributed by atoms with Crippen LogP contribution in [0.3, 0.4) is 0 Å². The van der Waals surface area contributed by atoms with Gasteiger partial charge in [-0.3, -0.25) is 4.79 Å². The van der Waals surface area contributed by atoms with Crippen molar-refractivity contribution in [3.8, 4) is 0 Å². The number of hydrogen-bond donors (Lipinski definition) is 1. The second-order valence-electron chi connectivity index (χ2n) is 6.75. The number of hydrogen-bond acceptors (Lipinski definition) is 4. The number of nitrogens with one attached hydrogen (secondary N) is 1. The second-order valence-corrected chi connectivity index (χ2v) is 7.54. The van der Waals surface area contributed by atoms with Crippen molar-refractivity contribution in [2.24, 2.45) is 17.8 Å². The topological polar surface area (TPSA) is 50.2 Å². The summed E-state index contributed by atoms with van der Waals surface area (Å²) in [6.45, 7) is 6.23. The van der Waals surface area contributed by atoms with E-state index in [2.05, 4.69) is 38.2 Å². The molecule has 1 saturated carbocycles. The van der Waals surface area contributed by atoms with Crippen LogP contribution in [0.4, 0.5) is 5.69 Å². The molecule has 3 unspecified atom stereocenters. The van der Waals surface area contributed by atoms with E-state index in [4.69, 9.17) is 0 Å². The summed E-state index contributed by atoms with van der Waals surface area (Å²) in [5.74, 6) is 2.04. The van der Waals surface area contributed by atoms with E-state index in [1.54, 1.807) is 4.68 Å². The van der Waals surface area contributed by atoms with Gasteiger partial charge >= 0.3 is 0 Å². The summed E-state index contributed by atoms with van der Waals surface area (Å²) in [4.78, 5) is 14.8. The van der Waals surface area contributed by atoms with Crippen LogP contribution < -0.4 is 15.8 Å². The largest absolute Gasteiger partial charge is 0.366 e. The average molecular weight is 353 g/mol. The SMILES string of the molecule is CC1C2CNCC2CN1c1cnn(CC2CC2)c(=O)c1Br. The molecule has 0 amide bonds. The molecule has 1 aromatic rings. The van der Waals surface area contributed by atoms with Gasteiger partial charge in [-0.25, -0.2) is 4.68 Å². The Morgan fingerprint density at radius 1 is 1.43 bits per heavy atom. The van der Waals surface area contributed by atoms with Crippen molar-refractivity contribution in [2.75, 3.05) is 24.5 Å². The lowest BCUT2D eigenvalue weighted by molar-refractivity contribution is 0.471. The predicted molar refractivity (Wildman–Crippen MR) is 85.6 cm³/mol. The normalized spacial score (nSPS) is 31.7. The molecule has 2 aliphatic heterocycles. The molecule has 6 heteroatoms. The summed E-state index contributed by atoms with van der Waals surface area (Å²) in [7, 11) is 0. The molecule has 114 valence electrons. The van der Waals surface area contributed by atoms with E-state index in [1.807, 2.05) is 6.20 Å². The van der Waals surface area contributed by atoms with E-state index in [1.165, 1.54) is 12.8 Å². The Balaban J connectivity index is 1.63. The minimum absolute atomic E-state index is 0.0155. The van der Waals surface area contributed by atoms with E-state index in [-0.39, 0.29) is 5.56 Å². The highest BCUT2D eigenvalue weighted by Gasteiger charge is 2.42. The minimum Gasteiger partial charge on any atom is -0.366 e. The van der Waals surface area contributed by atoms with Crippen LogP contribution in [0.2, 0.25) is 0 Å². The van der Waals surface area contributed by atoms with Gasteiger partial charge in [0.2, 0.25) is 0 Å². The van der Waals surface area contributed by atoms with Crippen molar-refractivity contribution in [2.45, 2.75) is 32.4 Å². The van der Waals surface area contributed by atoms with Gasteiger partial charge in [0.05, 0.1) is 11.9 Å². The third-order valence-corrected chi connectivity index (χ3v) is 6.08. The summed E-state index contributed by atoms with van der Waals surface area (Å²) < 4.78 is 2.30. The van der Waals surface area contributed by atoms with Gasteiger partial charge in [-0.15, -0.1) is 0 Å². The molecule has 0 radical (unpaired) electrons. The zero-order chi connectivity index (χ0) is 14.6. The van der Waals surface area contributed by atoms with E-state index in [9.17, 15) is 4.79 Å². The molecule has 2 saturated heterocycles. The van der Waals surface area contributed by atoms with Crippen LogP contribution in [0.5, 0.6) is 0 Å². The van der Waals surface area contributed by atoms with Crippen molar-refractivity contribution in [3.63, 3.8) is 0 Å². The molecule has 3 heterocycles. The first kappa shape index (κ1) is 13.8. The van der Waals surface area contributed by atoms with Gasteiger partial charge in [-0.1, -0.05) is 0 Å². The zero-order valence-electron chi connectivity index (χ0n) is 12.3. The lowest BCUT2D eigenvalue weighted by atomic mass is 9.95. The number of anilines is 1. The van der Waals surface area contributed by atoms with Crippen molar-refractivity contribution in [1.29, 1.82) is 0 Å². The van der Waals surface area contributed by atoms with Gasteiger partial charge < -0.3 is 10.2 Å². The smallest absolute Gasteiger partial charge is 0.283 e. The lowest BCUT2D eigenvalue weighted by Gasteiger charge is -2.27. The summed E-state index contributed by atoms with van der Waals surface area (Å²) in [5, 5.41) is 7.88. The summed E-state index contributed by atoms with van der Waals surface area (Å²) in [6.07, 6.45) is 4.33. The molecular weight excluding hydrogens is 332 g/mol. The Morgan fingerprint density at radius 3 is 2.95 bits per heavy atom. The van der Waals surface area contributed by atoms with Gasteiger partial charge in [0.15, 0.2) is 0 Å². The molecule has 0 spiro atoms. The maximum atomic E-state index is 12.5. The molecule has 5 nitrogen and oxygen atoms in total. The average Bonchev–Trinajstić information content (AvgIpc) is 3.07. The molecule has 4 rings (SSSR count). The van der Waals surface area contributed by atoms with Gasteiger partial charge in [0.25, 0.3) is 5.56 Å². The Hall–Kier alpha value is -0.880. The van der Waals surface area contributed by atoms with Crippen LogP contribution in [-0.2, 0) is 6.54 Å². The van der Waals surface area contributed by atoms with E-state index < -0.39 is 0 Å². The minimum atomic E-state index is 0.0155. The standard InChI is InChI=1S/C15H21BrN4O/c1-9-12-5-17-4-11(12)8-19(9)13-6-18-20(7-10-2-3-10)15(21)14(13)16/h6,9-12,17H,2-5,7-8H2,1H3. The van der Waals surface area contributed by atoms with Crippen LogP contribution >= 0.6 is 15.9 Å². The predicted octanol–water partition coefficient (Wildman–Crippen LogP) is 1.46. The molecule has 3 fully saturated rings. The first-order valence-electron chi connectivity index (χ1n) is 7.88. The Morgan fingerprint density at radius 2 is 2.24 bits per heavy atom. The van der Waals surface area contributed by atoms with Crippen LogP contribution in [0.15, 0.2) is 15.5 Å². The third kappa shape index (κ3) is 2.32. The number of halogens is 1. The monoisotopic (exact) mass is 352 g/mol. The third-order valence-electron chi connectivity index (χ3n) is 5.34. The maximum absolute atomic E-state index is 12.5. The van der Waals surface area contributed by atoms with Crippen LogP contribution in [0.1, 0.15) is 19.8 Å². The highest BCUT2D eigenvalue weighted by Crippen LogP contribution is 2.37. The first-order valence-corrected chi connectivity index (χ1v) is 8.67. The van der Waals surface area contributed by atoms with Gasteiger partial charge in [0.1, 0.15) is 4.47 Å². The van der Waals surface area contributed by atoms with Crippen molar-refractivity contribution in [3.05, 3.63) is 21.0 Å². The molecule has 3 atom stereocenters. The molecule has 1 N–H and O–H groups in total. The van der Waals surface area contributed by atoms with Crippen LogP contribution in [0.25, 0.3) is 0 Å². The summed E-state index contributed by atoms with van der Waals surface area (Å²) >= 11 is 3.53. The zero-order valence-corrected chi connectivity index (χ0v) is 13.8. The number of aromatic nitrogens is 2. The van der Waals surface area contributed by atoms with Crippen molar-refractivity contribution in [1.82, 2.24) is 15.1 Å². The Labute approximate surface area is 132 Å². The second kappa shape index (κ2) is 5.09. The molecule has 0 aromatic carbocycles. The number of fused-ring (bicyclic) bond motifs is 1. The van der Waals surface area contributed by atoms with Crippen LogP contribution in [-0.4, -0.2) is 35.5 Å². The van der Waals surface area contributed by atoms with Gasteiger partial charge in [0, 0.05) is 32.2 Å². The van der Waals surface area contributed by atoms with Crippen molar-refractivity contribution >= 4 is 21.6 Å². The Kier molecular flexibility index (Phi) is 3.34. The van der Waals surface area contributed by atoms with Crippen molar-refractivity contribution < 1.29 is 0 Å². The maximum Gasteiger partial charge on any atom is 0.283 e. The molecule has 3 aliphatic rings. The number of rotatable bonds is 3. The summed E-state index contributed by atoms with van der Waals surface area (Å²) in [5.41, 5.74) is 0.982. The van der Waals surface area contributed by atoms with E-state index >= 15 is 0 Å². The molecule has 21 heavy (non-hydrogen) atoms. The molecule has 1 aromatic heterocycles. The van der Waals surface area contributed by atoms with E-state index in [0.717, 1.165) is 31.9 Å². The van der Waals surface area contributed by atoms with Gasteiger partial charge in [-0.05, 0) is 53.4 Å². The van der Waals surface area contributed by atoms with E-state index in [0.29, 0.717) is 28.3 Å². The molecule has 1 aliphatic carbocycles. The number of nitrogens with zero attached hydrogens (tertiary/aromatic N) is 3. The first-order chi connectivity index (χ1) is 10.1. The highest BCUT2D eigenvalue weighted by atomic mass is 79.9. The summed E-state index contributed by atoms with van der Waals surface area (Å²) in [6, 6.07) is 0.460. The van der Waals surface area contributed by atoms with Crippen LogP contribution in [0, 0.1) is 17.8 Å². The fourth-order valence-corrected chi connectivity index (χ4v) is 4.35. The van der Waals surface area contributed by atoms with Gasteiger partial charge in [-0.2, -0.15) is 5.10 Å². The fourth-order valence-electron chi connectivity index (χ4n) is 3.82. The molecular formula is C15H21BrN4O. The highest BCUT2D eigenvalue weighted by molar-refractivity contribution is 9.10.